The van der Waals surface area contributed by atoms with Gasteiger partial charge in [-0.05, 0) is 18.2 Å². The van der Waals surface area contributed by atoms with Crippen LogP contribution in [-0.4, -0.2) is 44.2 Å². The summed E-state index contributed by atoms with van der Waals surface area (Å²) in [6, 6.07) is 3.00. The maximum atomic E-state index is 13.3. The van der Waals surface area contributed by atoms with Crippen LogP contribution in [0.3, 0.4) is 0 Å². The third kappa shape index (κ3) is 4.01. The highest BCUT2D eigenvalue weighted by atomic mass is 19.3. The van der Waals surface area contributed by atoms with Gasteiger partial charge in [0, 0.05) is 30.0 Å². The number of nitrogens with one attached hydrogen (secondary N) is 1. The Bertz CT molecular complexity index is 597. The fourth-order valence-corrected chi connectivity index (χ4v) is 2.14. The monoisotopic (exact) mass is 328 g/mol. The van der Waals surface area contributed by atoms with Crippen LogP contribution < -0.4 is 21.7 Å². The number of anilines is 2. The van der Waals surface area contributed by atoms with Crippen LogP contribution in [0.4, 0.5) is 20.2 Å². The Morgan fingerprint density at radius 3 is 2.78 bits per heavy atom. The summed E-state index contributed by atoms with van der Waals surface area (Å²) in [7, 11) is 0. The van der Waals surface area contributed by atoms with Crippen molar-refractivity contribution in [3.8, 4) is 0 Å². The molecule has 1 aliphatic heterocycles. The topological polar surface area (TPSA) is 111 Å². The third-order valence-electron chi connectivity index (χ3n) is 3.42. The van der Waals surface area contributed by atoms with Gasteiger partial charge in [-0.3, -0.25) is 9.59 Å². The van der Waals surface area contributed by atoms with E-state index in [1.807, 2.05) is 0 Å². The van der Waals surface area contributed by atoms with Crippen molar-refractivity contribution in [3.63, 3.8) is 0 Å². The molecule has 0 aromatic heterocycles. The number of hydrogen-bond acceptors (Lipinski definition) is 5. The van der Waals surface area contributed by atoms with Crippen molar-refractivity contribution < 1.29 is 23.1 Å². The van der Waals surface area contributed by atoms with Crippen molar-refractivity contribution in [1.82, 2.24) is 0 Å². The number of amides is 2. The summed E-state index contributed by atoms with van der Waals surface area (Å²) < 4.78 is 31.5. The van der Waals surface area contributed by atoms with Gasteiger partial charge in [0.2, 0.25) is 5.91 Å². The lowest BCUT2D eigenvalue weighted by Gasteiger charge is -2.27. The normalized spacial score (nSPS) is 16.6. The van der Waals surface area contributed by atoms with E-state index in [0.29, 0.717) is 12.3 Å². The van der Waals surface area contributed by atoms with Gasteiger partial charge in [-0.1, -0.05) is 0 Å². The van der Waals surface area contributed by atoms with Gasteiger partial charge in [0.05, 0.1) is 12.6 Å². The summed E-state index contributed by atoms with van der Waals surface area (Å²) >= 11 is 0. The van der Waals surface area contributed by atoms with Crippen LogP contribution in [0.1, 0.15) is 12.0 Å². The van der Waals surface area contributed by atoms with Crippen LogP contribution in [0.5, 0.6) is 0 Å². The minimum absolute atomic E-state index is 0.0571. The molecule has 1 fully saturated rings. The summed E-state index contributed by atoms with van der Waals surface area (Å²) in [4.78, 5) is 24.9. The van der Waals surface area contributed by atoms with Crippen LogP contribution in [0.25, 0.3) is 0 Å². The first-order valence-electron chi connectivity index (χ1n) is 7.00. The zero-order chi connectivity index (χ0) is 17.0. The lowest BCUT2D eigenvalue weighted by atomic mass is 10.1. The van der Waals surface area contributed by atoms with E-state index in [-0.39, 0.29) is 36.9 Å². The molecule has 0 saturated carbocycles. The molecule has 0 radical (unpaired) electrons. The molecule has 1 aromatic carbocycles. The Labute approximate surface area is 131 Å². The summed E-state index contributed by atoms with van der Waals surface area (Å²) in [5.74, 6) is -0.956. The second-order valence-electron chi connectivity index (χ2n) is 5.00. The first kappa shape index (κ1) is 17.3. The van der Waals surface area contributed by atoms with Crippen molar-refractivity contribution >= 4 is 23.2 Å². The Hall–Kier alpha value is -2.10. The molecule has 0 spiro atoms. The smallest absolute Gasteiger partial charge is 0.265 e. The number of carbonyl (C=O) groups excluding carboxylic acids is 2. The van der Waals surface area contributed by atoms with Crippen molar-refractivity contribution in [3.05, 3.63) is 23.8 Å². The van der Waals surface area contributed by atoms with Gasteiger partial charge in [-0.25, -0.2) is 8.78 Å². The maximum absolute atomic E-state index is 13.3. The molecule has 9 heteroatoms. The largest absolute Gasteiger partial charge is 0.370 e. The van der Waals surface area contributed by atoms with E-state index >= 15 is 0 Å². The van der Waals surface area contributed by atoms with Gasteiger partial charge in [-0.15, -0.1) is 0 Å². The number of rotatable bonds is 5. The van der Waals surface area contributed by atoms with E-state index in [9.17, 15) is 18.4 Å². The SMILES string of the molecule is NC[C@H](N)C(=O)Nc1ccc(N2CCOCC2=O)cc1C(F)F. The summed E-state index contributed by atoms with van der Waals surface area (Å²) in [6.07, 6.45) is -2.82. The zero-order valence-electron chi connectivity index (χ0n) is 12.3. The number of nitrogens with two attached hydrogens (primary N) is 2. The molecule has 1 saturated heterocycles. The van der Waals surface area contributed by atoms with Gasteiger partial charge in [0.25, 0.3) is 12.3 Å². The maximum Gasteiger partial charge on any atom is 0.265 e. The van der Waals surface area contributed by atoms with E-state index in [4.69, 9.17) is 16.2 Å². The van der Waals surface area contributed by atoms with Crippen molar-refractivity contribution in [2.24, 2.45) is 11.5 Å². The van der Waals surface area contributed by atoms with Crippen LogP contribution >= 0.6 is 0 Å². The van der Waals surface area contributed by atoms with Crippen LogP contribution in [0.2, 0.25) is 0 Å². The van der Waals surface area contributed by atoms with Crippen molar-refractivity contribution in [2.45, 2.75) is 12.5 Å². The second kappa shape index (κ2) is 7.44. The summed E-state index contributed by atoms with van der Waals surface area (Å²) in [5, 5.41) is 2.33. The Morgan fingerprint density at radius 2 is 2.17 bits per heavy atom. The van der Waals surface area contributed by atoms with Crippen LogP contribution in [0.15, 0.2) is 18.2 Å². The van der Waals surface area contributed by atoms with E-state index in [1.165, 1.54) is 23.1 Å². The van der Waals surface area contributed by atoms with E-state index in [2.05, 4.69) is 5.32 Å². The van der Waals surface area contributed by atoms with Gasteiger partial charge in [0.1, 0.15) is 6.61 Å². The minimum Gasteiger partial charge on any atom is -0.370 e. The molecular formula is C14H18F2N4O3. The number of hydrogen-bond donors (Lipinski definition) is 3. The number of morpholine rings is 1. The van der Waals surface area contributed by atoms with E-state index in [0.717, 1.165) is 0 Å². The van der Waals surface area contributed by atoms with Crippen LogP contribution in [-0.2, 0) is 14.3 Å². The number of nitrogens with zero attached hydrogens (tertiary/aromatic N) is 1. The standard InChI is InChI=1S/C14H18F2N4O3/c15-13(16)9-5-8(20-3-4-23-7-12(20)21)1-2-11(9)19-14(22)10(18)6-17/h1-2,5,10,13H,3-4,6-7,17-18H2,(H,19,22)/t10-/m0/s1. The highest BCUT2D eigenvalue weighted by Gasteiger charge is 2.23. The van der Waals surface area contributed by atoms with E-state index < -0.39 is 18.4 Å². The average Bonchev–Trinajstić information content (AvgIpc) is 2.54. The number of carbonyl (C=O) groups is 2. The predicted octanol–water partition coefficient (Wildman–Crippen LogP) is 0.212. The lowest BCUT2D eigenvalue weighted by Crippen LogP contribution is -2.42. The molecule has 126 valence electrons. The Balaban J connectivity index is 2.27. The van der Waals surface area contributed by atoms with Crippen molar-refractivity contribution in [1.29, 1.82) is 0 Å². The number of ether oxygens (including phenoxy) is 1. The lowest BCUT2D eigenvalue weighted by molar-refractivity contribution is -0.125. The fraction of sp³-hybridized carbons (Fsp3) is 0.429. The molecule has 0 aliphatic carbocycles. The molecule has 1 heterocycles. The molecule has 5 N–H and O–H groups in total. The zero-order valence-corrected chi connectivity index (χ0v) is 12.3. The molecule has 1 atom stereocenters. The fourth-order valence-electron chi connectivity index (χ4n) is 2.14. The molecule has 0 bridgehead atoms. The predicted molar refractivity (Wildman–Crippen MR) is 80.2 cm³/mol. The molecule has 0 unspecified atom stereocenters. The first-order chi connectivity index (χ1) is 10.9. The van der Waals surface area contributed by atoms with Gasteiger partial charge < -0.3 is 26.4 Å². The quantitative estimate of drug-likeness (QED) is 0.716. The highest BCUT2D eigenvalue weighted by Crippen LogP contribution is 2.31. The average molecular weight is 328 g/mol. The Morgan fingerprint density at radius 1 is 1.43 bits per heavy atom. The van der Waals surface area contributed by atoms with Gasteiger partial charge in [-0.2, -0.15) is 0 Å². The molecule has 7 nitrogen and oxygen atoms in total. The number of halogens is 2. The van der Waals surface area contributed by atoms with Gasteiger partial charge >= 0.3 is 0 Å². The van der Waals surface area contributed by atoms with Gasteiger partial charge in [0.15, 0.2) is 0 Å². The number of benzene rings is 1. The van der Waals surface area contributed by atoms with Crippen LogP contribution in [0, 0.1) is 0 Å². The third-order valence-corrected chi connectivity index (χ3v) is 3.42. The molecule has 2 amide bonds. The highest BCUT2D eigenvalue weighted by molar-refractivity contribution is 5.97. The molecule has 1 aliphatic rings. The first-order valence-corrected chi connectivity index (χ1v) is 7.00. The Kier molecular flexibility index (Phi) is 5.59. The molecule has 23 heavy (non-hydrogen) atoms. The van der Waals surface area contributed by atoms with Crippen molar-refractivity contribution in [2.75, 3.05) is 36.5 Å². The summed E-state index contributed by atoms with van der Waals surface area (Å²) in [6.45, 7) is 0.426. The second-order valence-corrected chi connectivity index (χ2v) is 5.00. The molecular weight excluding hydrogens is 310 g/mol. The molecule has 1 aromatic rings. The molecule has 2 rings (SSSR count). The number of alkyl halides is 2. The van der Waals surface area contributed by atoms with E-state index in [1.54, 1.807) is 0 Å². The minimum atomic E-state index is -2.82. The summed E-state index contributed by atoms with van der Waals surface area (Å²) in [5.41, 5.74) is 10.6.